The maximum absolute atomic E-state index is 10.5. The van der Waals surface area contributed by atoms with E-state index in [1.807, 2.05) is 6.07 Å². The predicted octanol–water partition coefficient (Wildman–Crippen LogP) is 1.94. The van der Waals surface area contributed by atoms with Crippen molar-refractivity contribution in [3.63, 3.8) is 0 Å². The first kappa shape index (κ1) is 8.52. The highest BCUT2D eigenvalue weighted by Crippen LogP contribution is 2.24. The number of nitrogens with zero attached hydrogens (tertiary/aromatic N) is 1. The molecule has 0 saturated heterocycles. The van der Waals surface area contributed by atoms with Crippen molar-refractivity contribution in [2.45, 2.75) is 6.92 Å². The number of hydrogen-bond acceptors (Lipinski definition) is 3. The van der Waals surface area contributed by atoms with Crippen molar-refractivity contribution in [1.29, 1.82) is 0 Å². The minimum Gasteiger partial charge on any atom is -0.388 e. The zero-order valence-corrected chi connectivity index (χ0v) is 7.00. The molecule has 0 bridgehead atoms. The highest BCUT2D eigenvalue weighted by molar-refractivity contribution is 5.59. The molecular formula is C8H10N2O2. The summed E-state index contributed by atoms with van der Waals surface area (Å²) in [4.78, 5) is 10.1. The van der Waals surface area contributed by atoms with Gasteiger partial charge in [0.2, 0.25) is 0 Å². The number of nitrogens with one attached hydrogen (secondary N) is 1. The first-order valence-electron chi connectivity index (χ1n) is 3.58. The van der Waals surface area contributed by atoms with Crippen molar-refractivity contribution in [1.82, 2.24) is 0 Å². The fraction of sp³-hybridized carbons (Fsp3) is 0.250. The third kappa shape index (κ3) is 1.37. The van der Waals surface area contributed by atoms with E-state index >= 15 is 0 Å². The molecular weight excluding hydrogens is 156 g/mol. The van der Waals surface area contributed by atoms with Crippen LogP contribution in [0.4, 0.5) is 11.4 Å². The molecule has 0 radical (unpaired) electrons. The molecule has 1 rings (SSSR count). The summed E-state index contributed by atoms with van der Waals surface area (Å²) in [6.45, 7) is 1.73. The largest absolute Gasteiger partial charge is 0.388 e. The summed E-state index contributed by atoms with van der Waals surface area (Å²) in [5.74, 6) is 0. The third-order valence-corrected chi connectivity index (χ3v) is 1.77. The van der Waals surface area contributed by atoms with Crippen molar-refractivity contribution in [3.8, 4) is 0 Å². The molecule has 0 amide bonds. The van der Waals surface area contributed by atoms with Crippen LogP contribution in [0.2, 0.25) is 0 Å². The average Bonchev–Trinajstić information content (AvgIpc) is 2.04. The molecule has 1 aromatic carbocycles. The molecule has 0 unspecified atom stereocenters. The van der Waals surface area contributed by atoms with E-state index in [4.69, 9.17) is 0 Å². The van der Waals surface area contributed by atoms with E-state index in [0.29, 0.717) is 5.56 Å². The van der Waals surface area contributed by atoms with Crippen molar-refractivity contribution >= 4 is 11.4 Å². The SMILES string of the molecule is CNc1cccc([N+](=O)[O-])c1C. The standard InChI is InChI=1S/C8H10N2O2/c1-6-7(9-2)4-3-5-8(6)10(11)12/h3-5,9H,1-2H3. The maximum Gasteiger partial charge on any atom is 0.274 e. The van der Waals surface area contributed by atoms with Gasteiger partial charge in [-0.25, -0.2) is 0 Å². The van der Waals surface area contributed by atoms with Gasteiger partial charge in [0.05, 0.1) is 4.92 Å². The Bertz CT molecular complexity index is 310. The van der Waals surface area contributed by atoms with Crippen LogP contribution >= 0.6 is 0 Å². The molecule has 0 spiro atoms. The lowest BCUT2D eigenvalue weighted by Crippen LogP contribution is -1.96. The van der Waals surface area contributed by atoms with Gasteiger partial charge in [-0.05, 0) is 13.0 Å². The van der Waals surface area contributed by atoms with Crippen LogP contribution < -0.4 is 5.32 Å². The van der Waals surface area contributed by atoms with Crippen molar-refractivity contribution < 1.29 is 4.92 Å². The Labute approximate surface area is 70.4 Å². The molecule has 0 aliphatic carbocycles. The fourth-order valence-electron chi connectivity index (χ4n) is 1.09. The summed E-state index contributed by atoms with van der Waals surface area (Å²) in [7, 11) is 1.74. The van der Waals surface area contributed by atoms with Crippen LogP contribution in [-0.2, 0) is 0 Å². The van der Waals surface area contributed by atoms with Gasteiger partial charge >= 0.3 is 0 Å². The first-order chi connectivity index (χ1) is 5.66. The second kappa shape index (κ2) is 3.21. The normalized spacial score (nSPS) is 9.50. The van der Waals surface area contributed by atoms with Crippen LogP contribution in [-0.4, -0.2) is 12.0 Å². The molecule has 0 saturated carbocycles. The molecule has 0 aliphatic heterocycles. The summed E-state index contributed by atoms with van der Waals surface area (Å²) < 4.78 is 0. The van der Waals surface area contributed by atoms with E-state index in [0.717, 1.165) is 5.69 Å². The van der Waals surface area contributed by atoms with Crippen LogP contribution in [0.15, 0.2) is 18.2 Å². The Morgan fingerprint density at radius 3 is 2.67 bits per heavy atom. The number of benzene rings is 1. The monoisotopic (exact) mass is 166 g/mol. The van der Waals surface area contributed by atoms with Gasteiger partial charge in [-0.2, -0.15) is 0 Å². The second-order valence-electron chi connectivity index (χ2n) is 2.46. The lowest BCUT2D eigenvalue weighted by molar-refractivity contribution is -0.385. The van der Waals surface area contributed by atoms with Gasteiger partial charge in [0.25, 0.3) is 5.69 Å². The minimum absolute atomic E-state index is 0.154. The maximum atomic E-state index is 10.5. The zero-order chi connectivity index (χ0) is 9.14. The van der Waals surface area contributed by atoms with E-state index in [1.165, 1.54) is 6.07 Å². The molecule has 64 valence electrons. The Hall–Kier alpha value is -1.58. The molecule has 1 aromatic rings. The molecule has 0 atom stereocenters. The number of rotatable bonds is 2. The van der Waals surface area contributed by atoms with Gasteiger partial charge in [-0.15, -0.1) is 0 Å². The third-order valence-electron chi connectivity index (χ3n) is 1.77. The smallest absolute Gasteiger partial charge is 0.274 e. The summed E-state index contributed by atoms with van der Waals surface area (Å²) in [5, 5.41) is 13.4. The van der Waals surface area contributed by atoms with Gasteiger partial charge in [0.1, 0.15) is 0 Å². The summed E-state index contributed by atoms with van der Waals surface area (Å²) in [6.07, 6.45) is 0. The summed E-state index contributed by atoms with van der Waals surface area (Å²) >= 11 is 0. The molecule has 4 nitrogen and oxygen atoms in total. The number of anilines is 1. The first-order valence-corrected chi connectivity index (χ1v) is 3.58. The highest BCUT2D eigenvalue weighted by Gasteiger charge is 2.11. The molecule has 0 fully saturated rings. The van der Waals surface area contributed by atoms with E-state index in [-0.39, 0.29) is 10.6 Å². The van der Waals surface area contributed by atoms with Crippen LogP contribution in [0.5, 0.6) is 0 Å². The van der Waals surface area contributed by atoms with Crippen LogP contribution in [0.25, 0.3) is 0 Å². The molecule has 0 aromatic heterocycles. The molecule has 4 heteroatoms. The minimum atomic E-state index is -0.379. The quantitative estimate of drug-likeness (QED) is 0.539. The topological polar surface area (TPSA) is 55.2 Å². The number of nitro groups is 1. The van der Waals surface area contributed by atoms with Crippen molar-refractivity contribution in [3.05, 3.63) is 33.9 Å². The lowest BCUT2D eigenvalue weighted by atomic mass is 10.1. The Morgan fingerprint density at radius 2 is 2.17 bits per heavy atom. The Balaban J connectivity index is 3.23. The van der Waals surface area contributed by atoms with Crippen LogP contribution in [0, 0.1) is 17.0 Å². The lowest BCUT2D eigenvalue weighted by Gasteiger charge is -2.03. The fourth-order valence-corrected chi connectivity index (χ4v) is 1.09. The summed E-state index contributed by atoms with van der Waals surface area (Å²) in [5.41, 5.74) is 1.62. The van der Waals surface area contributed by atoms with E-state index in [9.17, 15) is 10.1 Å². The van der Waals surface area contributed by atoms with Gasteiger partial charge in [0.15, 0.2) is 0 Å². The van der Waals surface area contributed by atoms with E-state index < -0.39 is 0 Å². The van der Waals surface area contributed by atoms with Crippen LogP contribution in [0.1, 0.15) is 5.56 Å². The predicted molar refractivity (Wildman–Crippen MR) is 47.4 cm³/mol. The Kier molecular flexibility index (Phi) is 2.28. The van der Waals surface area contributed by atoms with Crippen LogP contribution in [0.3, 0.4) is 0 Å². The highest BCUT2D eigenvalue weighted by atomic mass is 16.6. The van der Waals surface area contributed by atoms with Gasteiger partial charge < -0.3 is 5.32 Å². The van der Waals surface area contributed by atoms with E-state index in [2.05, 4.69) is 5.32 Å². The van der Waals surface area contributed by atoms with Crippen molar-refractivity contribution in [2.75, 3.05) is 12.4 Å². The zero-order valence-electron chi connectivity index (χ0n) is 7.00. The van der Waals surface area contributed by atoms with E-state index in [1.54, 1.807) is 20.0 Å². The second-order valence-corrected chi connectivity index (χ2v) is 2.46. The molecule has 12 heavy (non-hydrogen) atoms. The van der Waals surface area contributed by atoms with Gasteiger partial charge in [0, 0.05) is 24.4 Å². The molecule has 0 heterocycles. The molecule has 1 N–H and O–H groups in total. The molecule has 0 aliphatic rings. The van der Waals surface area contributed by atoms with Gasteiger partial charge in [-0.3, -0.25) is 10.1 Å². The van der Waals surface area contributed by atoms with Crippen molar-refractivity contribution in [2.24, 2.45) is 0 Å². The summed E-state index contributed by atoms with van der Waals surface area (Å²) in [6, 6.07) is 4.97. The Morgan fingerprint density at radius 1 is 1.50 bits per heavy atom. The number of hydrogen-bond donors (Lipinski definition) is 1. The van der Waals surface area contributed by atoms with Gasteiger partial charge in [-0.1, -0.05) is 6.07 Å². The number of nitro benzene ring substituents is 1. The average molecular weight is 166 g/mol.